The summed E-state index contributed by atoms with van der Waals surface area (Å²) in [5, 5.41) is 3.34. The number of likely N-dealkylation sites (tertiary alicyclic amines) is 1. The number of rotatable bonds is 15. The molecule has 0 saturated carbocycles. The van der Waals surface area contributed by atoms with E-state index < -0.39 is 23.8 Å². The molecule has 3 fully saturated rings. The van der Waals surface area contributed by atoms with Crippen LogP contribution in [0.5, 0.6) is 11.5 Å². The number of anilines is 1. The number of carbonyl (C=O) groups is 5. The average Bonchev–Trinajstić information content (AvgIpc) is 3.84. The van der Waals surface area contributed by atoms with Gasteiger partial charge in [-0.1, -0.05) is 42.6 Å². The van der Waals surface area contributed by atoms with Crippen molar-refractivity contribution in [3.8, 4) is 11.5 Å². The van der Waals surface area contributed by atoms with Gasteiger partial charge in [-0.2, -0.15) is 0 Å². The number of amides is 4. The average molecular weight is 871 g/mol. The van der Waals surface area contributed by atoms with Crippen LogP contribution in [0.3, 0.4) is 0 Å². The van der Waals surface area contributed by atoms with Gasteiger partial charge in [0.05, 0.1) is 32.8 Å². The van der Waals surface area contributed by atoms with Gasteiger partial charge >= 0.3 is 0 Å². The van der Waals surface area contributed by atoms with Gasteiger partial charge in [0, 0.05) is 56.1 Å². The van der Waals surface area contributed by atoms with Gasteiger partial charge < -0.3 is 19.5 Å². The van der Waals surface area contributed by atoms with Crippen molar-refractivity contribution >= 4 is 57.7 Å². The Morgan fingerprint density at radius 2 is 1.48 bits per heavy atom. The molecule has 4 aliphatic heterocycles. The first-order chi connectivity index (χ1) is 30.7. The molecule has 3 saturated heterocycles. The van der Waals surface area contributed by atoms with E-state index in [0.29, 0.717) is 50.3 Å². The third-order valence-electron chi connectivity index (χ3n) is 13.0. The SMILES string of the molecule is O=C1CCC(N2C(=O)c3ccc(N4CCN(CCCCCCN5CCC(Cc6ncnc7[nH]cc(C(=O)c8ccc(Oc9ccccc9)cc8Cl)c67)CC5)CC4)cc3C2=O)C(=O)N1. The number of piperidine rings is 2. The lowest BCUT2D eigenvalue weighted by Gasteiger charge is -2.36. The largest absolute Gasteiger partial charge is 0.457 e. The molecular formula is C48H51ClN8O6. The summed E-state index contributed by atoms with van der Waals surface area (Å²) in [6.07, 6.45) is 11.2. The van der Waals surface area contributed by atoms with Crippen molar-refractivity contribution in [3.05, 3.63) is 112 Å². The number of hydrogen-bond donors (Lipinski definition) is 2. The summed E-state index contributed by atoms with van der Waals surface area (Å²) in [6.45, 7) is 7.80. The number of hydrogen-bond acceptors (Lipinski definition) is 11. The van der Waals surface area contributed by atoms with Gasteiger partial charge in [0.15, 0.2) is 5.78 Å². The highest BCUT2D eigenvalue weighted by Gasteiger charge is 2.45. The molecule has 5 aromatic rings. The van der Waals surface area contributed by atoms with Crippen molar-refractivity contribution in [2.45, 2.75) is 63.8 Å². The second kappa shape index (κ2) is 18.8. The maximum absolute atomic E-state index is 13.9. The summed E-state index contributed by atoms with van der Waals surface area (Å²) >= 11 is 6.65. The molecule has 63 heavy (non-hydrogen) atoms. The molecular weight excluding hydrogens is 820 g/mol. The van der Waals surface area contributed by atoms with Gasteiger partial charge in [0.25, 0.3) is 11.8 Å². The highest BCUT2D eigenvalue weighted by Crippen LogP contribution is 2.33. The van der Waals surface area contributed by atoms with Crippen LogP contribution in [-0.2, 0) is 16.0 Å². The van der Waals surface area contributed by atoms with Crippen molar-refractivity contribution in [1.29, 1.82) is 0 Å². The first-order valence-electron chi connectivity index (χ1n) is 22.1. The number of ether oxygens (including phenoxy) is 1. The molecule has 14 nitrogen and oxygen atoms in total. The Hall–Kier alpha value is -5.96. The molecule has 0 bridgehead atoms. The number of para-hydroxylation sites is 1. The zero-order valence-electron chi connectivity index (χ0n) is 35.2. The Morgan fingerprint density at radius 3 is 2.21 bits per heavy atom. The van der Waals surface area contributed by atoms with Gasteiger partial charge in [0.2, 0.25) is 11.8 Å². The van der Waals surface area contributed by atoms with Crippen molar-refractivity contribution in [2.24, 2.45) is 5.92 Å². The fourth-order valence-corrected chi connectivity index (χ4v) is 9.73. The van der Waals surface area contributed by atoms with Crippen molar-refractivity contribution in [1.82, 2.24) is 35.0 Å². The van der Waals surface area contributed by atoms with Crippen LogP contribution >= 0.6 is 11.6 Å². The second-order valence-corrected chi connectivity index (χ2v) is 17.4. The Morgan fingerprint density at radius 1 is 0.746 bits per heavy atom. The fraction of sp³-hybridized carbons (Fsp3) is 0.396. The molecule has 2 N–H and O–H groups in total. The molecule has 4 amide bonds. The molecule has 2 aromatic heterocycles. The summed E-state index contributed by atoms with van der Waals surface area (Å²) in [5.74, 6) is -0.403. The minimum absolute atomic E-state index is 0.0984. The number of aromatic amines is 1. The summed E-state index contributed by atoms with van der Waals surface area (Å²) < 4.78 is 5.91. The van der Waals surface area contributed by atoms with Crippen LogP contribution < -0.4 is 15.0 Å². The van der Waals surface area contributed by atoms with Crippen molar-refractivity contribution in [2.75, 3.05) is 57.3 Å². The number of ketones is 1. The van der Waals surface area contributed by atoms with Gasteiger partial charge in [-0.05, 0) is 113 Å². The summed E-state index contributed by atoms with van der Waals surface area (Å²) in [7, 11) is 0. The highest BCUT2D eigenvalue weighted by molar-refractivity contribution is 6.35. The summed E-state index contributed by atoms with van der Waals surface area (Å²) in [5.41, 5.74) is 3.99. The molecule has 326 valence electrons. The van der Waals surface area contributed by atoms with Crippen molar-refractivity contribution < 1.29 is 28.7 Å². The van der Waals surface area contributed by atoms with E-state index in [0.717, 1.165) is 99.7 Å². The van der Waals surface area contributed by atoms with Crippen molar-refractivity contribution in [3.63, 3.8) is 0 Å². The zero-order valence-corrected chi connectivity index (χ0v) is 35.9. The van der Waals surface area contributed by atoms with Crippen LogP contribution in [0.1, 0.15) is 93.7 Å². The van der Waals surface area contributed by atoms with E-state index in [4.69, 9.17) is 16.3 Å². The number of piperazine rings is 1. The van der Waals surface area contributed by atoms with E-state index in [1.165, 1.54) is 19.3 Å². The van der Waals surface area contributed by atoms with E-state index in [1.807, 2.05) is 36.4 Å². The maximum Gasteiger partial charge on any atom is 0.262 e. The number of fused-ring (bicyclic) bond motifs is 2. The summed E-state index contributed by atoms with van der Waals surface area (Å²) in [6, 6.07) is 19.0. The molecule has 6 heterocycles. The van der Waals surface area contributed by atoms with E-state index >= 15 is 0 Å². The number of unbranched alkanes of at least 4 members (excludes halogenated alkanes) is 3. The van der Waals surface area contributed by atoms with Crippen LogP contribution in [0.4, 0.5) is 5.69 Å². The van der Waals surface area contributed by atoms with E-state index in [1.54, 1.807) is 42.9 Å². The predicted octanol–water partition coefficient (Wildman–Crippen LogP) is 6.67. The van der Waals surface area contributed by atoms with Crippen LogP contribution in [0.15, 0.2) is 79.3 Å². The number of carbonyl (C=O) groups excluding carboxylic acids is 5. The minimum atomic E-state index is -0.963. The smallest absolute Gasteiger partial charge is 0.262 e. The molecule has 0 aliphatic carbocycles. The Kier molecular flexibility index (Phi) is 12.6. The lowest BCUT2D eigenvalue weighted by Crippen LogP contribution is -2.54. The first kappa shape index (κ1) is 42.3. The molecule has 15 heteroatoms. The Labute approximate surface area is 370 Å². The molecule has 3 aromatic carbocycles. The third-order valence-corrected chi connectivity index (χ3v) is 13.3. The highest BCUT2D eigenvalue weighted by atomic mass is 35.5. The molecule has 1 atom stereocenters. The maximum atomic E-state index is 13.9. The van der Waals surface area contributed by atoms with Crippen LogP contribution in [0, 0.1) is 5.92 Å². The molecule has 0 spiro atoms. The number of nitrogens with zero attached hydrogens (tertiary/aromatic N) is 6. The first-order valence-corrected chi connectivity index (χ1v) is 22.5. The van der Waals surface area contributed by atoms with Gasteiger partial charge in [-0.3, -0.25) is 39.1 Å². The molecule has 9 rings (SSSR count). The van der Waals surface area contributed by atoms with Crippen LogP contribution in [-0.4, -0.2) is 117 Å². The monoisotopic (exact) mass is 870 g/mol. The van der Waals surface area contributed by atoms with E-state index in [2.05, 4.69) is 35.0 Å². The summed E-state index contributed by atoms with van der Waals surface area (Å²) in [4.78, 5) is 85.0. The normalized spacial score (nSPS) is 18.9. The minimum Gasteiger partial charge on any atom is -0.457 e. The molecule has 1 unspecified atom stereocenters. The molecule has 4 aliphatic rings. The quantitative estimate of drug-likeness (QED) is 0.0657. The Bertz CT molecular complexity index is 2530. The standard InChI is InChI=1S/C48H51ClN8O6/c49-39-28-34(63-33-8-4-3-5-9-33)11-13-36(39)44(59)38-29-50-45-43(38)40(51-30-52-45)26-31-16-20-54(21-17-31)18-6-1-2-7-19-55-22-24-56(25-23-55)32-10-12-35-37(27-32)48(62)57(47(35)61)41-14-15-42(58)53-46(41)60/h3-5,8-13,27-31,41H,1-2,6-7,14-26H2,(H,50,51,52)(H,53,58,60). The lowest BCUT2D eigenvalue weighted by atomic mass is 9.90. The Balaban J connectivity index is 0.684. The lowest BCUT2D eigenvalue weighted by molar-refractivity contribution is -0.136. The number of H-pyrrole nitrogens is 1. The topological polar surface area (TPSA) is 161 Å². The van der Waals surface area contributed by atoms with Crippen LogP contribution in [0.25, 0.3) is 11.0 Å². The number of nitrogens with one attached hydrogen (secondary N) is 2. The van der Waals surface area contributed by atoms with Gasteiger partial charge in [-0.25, -0.2) is 9.97 Å². The van der Waals surface area contributed by atoms with Gasteiger partial charge in [-0.15, -0.1) is 0 Å². The second-order valence-electron chi connectivity index (χ2n) is 17.0. The number of aromatic nitrogens is 3. The zero-order chi connectivity index (χ0) is 43.5. The van der Waals surface area contributed by atoms with E-state index in [9.17, 15) is 24.0 Å². The predicted molar refractivity (Wildman–Crippen MR) is 238 cm³/mol. The van der Waals surface area contributed by atoms with Crippen LogP contribution in [0.2, 0.25) is 5.02 Å². The third kappa shape index (κ3) is 9.25. The number of imide groups is 2. The van der Waals surface area contributed by atoms with Gasteiger partial charge in [0.1, 0.15) is 29.5 Å². The fourth-order valence-electron chi connectivity index (χ4n) is 9.47. The van der Waals surface area contributed by atoms with E-state index in [-0.39, 0.29) is 24.5 Å². The number of benzene rings is 3. The molecule has 0 radical (unpaired) electrons. The number of halogens is 1.